The lowest BCUT2D eigenvalue weighted by Crippen LogP contribution is -2.31. The molecule has 0 spiro atoms. The van der Waals surface area contributed by atoms with Crippen LogP contribution in [0.2, 0.25) is 0 Å². The number of amidine groups is 1. The van der Waals surface area contributed by atoms with Gasteiger partial charge in [-0.3, -0.25) is 9.79 Å². The molecule has 1 N–H and O–H groups in total. The lowest BCUT2D eigenvalue weighted by molar-refractivity contribution is -0.120. The highest BCUT2D eigenvalue weighted by molar-refractivity contribution is 7.99. The van der Waals surface area contributed by atoms with E-state index in [1.165, 1.54) is 6.42 Å². The van der Waals surface area contributed by atoms with Crippen molar-refractivity contribution in [3.63, 3.8) is 0 Å². The van der Waals surface area contributed by atoms with Gasteiger partial charge in [-0.05, 0) is 18.1 Å². The Morgan fingerprint density at radius 1 is 1.57 bits per heavy atom. The van der Waals surface area contributed by atoms with E-state index in [9.17, 15) is 4.79 Å². The number of nitrogens with one attached hydrogen (secondary N) is 1. The molecule has 1 aliphatic rings. The van der Waals surface area contributed by atoms with Gasteiger partial charge in [0.05, 0.1) is 5.75 Å². The lowest BCUT2D eigenvalue weighted by Gasteiger charge is -2.06. The van der Waals surface area contributed by atoms with Crippen molar-refractivity contribution < 1.29 is 4.79 Å². The van der Waals surface area contributed by atoms with Crippen molar-refractivity contribution in [2.24, 2.45) is 10.9 Å². The third kappa shape index (κ3) is 3.01. The second-order valence-corrected chi connectivity index (χ2v) is 4.91. The molecule has 0 aromatic heterocycles. The van der Waals surface area contributed by atoms with Crippen LogP contribution >= 0.6 is 11.8 Å². The van der Waals surface area contributed by atoms with Crippen LogP contribution in [0.15, 0.2) is 4.99 Å². The Kier molecular flexibility index (Phi) is 4.45. The minimum atomic E-state index is -0.160. The highest BCUT2D eigenvalue weighted by atomic mass is 32.2. The van der Waals surface area contributed by atoms with Gasteiger partial charge in [-0.2, -0.15) is 11.8 Å². The van der Waals surface area contributed by atoms with Gasteiger partial charge in [-0.1, -0.05) is 20.8 Å². The predicted molar refractivity (Wildman–Crippen MR) is 61.8 cm³/mol. The number of carbonyl (C=O) groups excluding carboxylic acids is 1. The molecule has 1 heterocycles. The predicted octanol–water partition coefficient (Wildman–Crippen LogP) is 1.68. The summed E-state index contributed by atoms with van der Waals surface area (Å²) in [5, 5.41) is 2.83. The summed E-state index contributed by atoms with van der Waals surface area (Å²) in [6, 6.07) is -0.160. The van der Waals surface area contributed by atoms with Crippen molar-refractivity contribution in [1.82, 2.24) is 5.32 Å². The fraction of sp³-hybridized carbons (Fsp3) is 0.800. The van der Waals surface area contributed by atoms with Gasteiger partial charge in [0.1, 0.15) is 11.9 Å². The van der Waals surface area contributed by atoms with Crippen LogP contribution in [0.5, 0.6) is 0 Å². The topological polar surface area (TPSA) is 41.5 Å². The van der Waals surface area contributed by atoms with Crippen molar-refractivity contribution in [2.75, 3.05) is 11.5 Å². The SMILES string of the molecule is CCCSCC1=NC(C(C)C)C(=O)N1. The molecule has 0 saturated heterocycles. The normalized spacial score (nSPS) is 21.3. The van der Waals surface area contributed by atoms with Crippen molar-refractivity contribution in [3.05, 3.63) is 0 Å². The molecule has 3 nitrogen and oxygen atoms in total. The summed E-state index contributed by atoms with van der Waals surface area (Å²) in [5.74, 6) is 3.17. The molecule has 0 aromatic rings. The molecule has 80 valence electrons. The highest BCUT2D eigenvalue weighted by Gasteiger charge is 2.28. The Hall–Kier alpha value is -0.510. The van der Waals surface area contributed by atoms with Crippen molar-refractivity contribution in [1.29, 1.82) is 0 Å². The van der Waals surface area contributed by atoms with E-state index in [0.717, 1.165) is 17.3 Å². The molecule has 14 heavy (non-hydrogen) atoms. The van der Waals surface area contributed by atoms with Crippen LogP contribution in [0.1, 0.15) is 27.2 Å². The molecule has 0 aromatic carbocycles. The summed E-state index contributed by atoms with van der Waals surface area (Å²) in [6.07, 6.45) is 1.17. The van der Waals surface area contributed by atoms with Crippen LogP contribution < -0.4 is 5.32 Å². The average molecular weight is 214 g/mol. The number of carbonyl (C=O) groups is 1. The number of thioether (sulfide) groups is 1. The van der Waals surface area contributed by atoms with Gasteiger partial charge in [0.15, 0.2) is 0 Å². The van der Waals surface area contributed by atoms with Gasteiger partial charge < -0.3 is 5.32 Å². The van der Waals surface area contributed by atoms with E-state index in [0.29, 0.717) is 5.92 Å². The average Bonchev–Trinajstić information content (AvgIpc) is 2.47. The molecule has 4 heteroatoms. The third-order valence-corrected chi connectivity index (χ3v) is 3.22. The number of hydrogen-bond acceptors (Lipinski definition) is 3. The monoisotopic (exact) mass is 214 g/mol. The molecule has 1 unspecified atom stereocenters. The maximum absolute atomic E-state index is 11.4. The van der Waals surface area contributed by atoms with Crippen molar-refractivity contribution >= 4 is 23.5 Å². The minimum absolute atomic E-state index is 0.0621. The van der Waals surface area contributed by atoms with Crippen LogP contribution in [-0.2, 0) is 4.79 Å². The van der Waals surface area contributed by atoms with Gasteiger partial charge in [0.2, 0.25) is 5.91 Å². The summed E-state index contributed by atoms with van der Waals surface area (Å²) in [4.78, 5) is 15.8. The molecule has 1 rings (SSSR count). The molecule has 0 bridgehead atoms. The van der Waals surface area contributed by atoms with Crippen LogP contribution in [0.3, 0.4) is 0 Å². The van der Waals surface area contributed by atoms with Crippen LogP contribution in [-0.4, -0.2) is 29.3 Å². The van der Waals surface area contributed by atoms with Crippen LogP contribution in [0.4, 0.5) is 0 Å². The molecule has 1 aliphatic heterocycles. The minimum Gasteiger partial charge on any atom is -0.312 e. The Morgan fingerprint density at radius 3 is 2.79 bits per heavy atom. The molecule has 0 saturated carbocycles. The van der Waals surface area contributed by atoms with Gasteiger partial charge in [-0.25, -0.2) is 0 Å². The van der Waals surface area contributed by atoms with Crippen LogP contribution in [0, 0.1) is 5.92 Å². The molecular formula is C10H18N2OS. The first-order chi connectivity index (χ1) is 6.65. The Bertz CT molecular complexity index is 238. The Labute approximate surface area is 89.7 Å². The van der Waals surface area contributed by atoms with Crippen molar-refractivity contribution in [2.45, 2.75) is 33.2 Å². The summed E-state index contributed by atoms with van der Waals surface area (Å²) in [5.41, 5.74) is 0. The zero-order valence-electron chi connectivity index (χ0n) is 9.04. The molecule has 1 atom stereocenters. The largest absolute Gasteiger partial charge is 0.312 e. The second-order valence-electron chi connectivity index (χ2n) is 3.81. The number of rotatable bonds is 5. The first kappa shape index (κ1) is 11.6. The zero-order chi connectivity index (χ0) is 10.6. The summed E-state index contributed by atoms with van der Waals surface area (Å²) >= 11 is 1.82. The maximum Gasteiger partial charge on any atom is 0.250 e. The third-order valence-electron chi connectivity index (χ3n) is 2.05. The van der Waals surface area contributed by atoms with Gasteiger partial charge in [0, 0.05) is 0 Å². The van der Waals surface area contributed by atoms with E-state index in [2.05, 4.69) is 17.2 Å². The zero-order valence-corrected chi connectivity index (χ0v) is 9.86. The van der Waals surface area contributed by atoms with E-state index < -0.39 is 0 Å². The van der Waals surface area contributed by atoms with E-state index in [-0.39, 0.29) is 11.9 Å². The summed E-state index contributed by atoms with van der Waals surface area (Å²) < 4.78 is 0. The molecular weight excluding hydrogens is 196 g/mol. The number of amides is 1. The molecule has 0 aliphatic carbocycles. The fourth-order valence-corrected chi connectivity index (χ4v) is 2.09. The van der Waals surface area contributed by atoms with E-state index >= 15 is 0 Å². The fourth-order valence-electron chi connectivity index (χ4n) is 1.31. The summed E-state index contributed by atoms with van der Waals surface area (Å²) in [7, 11) is 0. The number of aliphatic imine (C=N–C) groups is 1. The first-order valence-electron chi connectivity index (χ1n) is 5.10. The number of hydrogen-bond donors (Lipinski definition) is 1. The van der Waals surface area contributed by atoms with E-state index in [4.69, 9.17) is 0 Å². The van der Waals surface area contributed by atoms with E-state index in [1.807, 2.05) is 25.6 Å². The highest BCUT2D eigenvalue weighted by Crippen LogP contribution is 2.13. The maximum atomic E-state index is 11.4. The van der Waals surface area contributed by atoms with Gasteiger partial charge in [-0.15, -0.1) is 0 Å². The van der Waals surface area contributed by atoms with Crippen molar-refractivity contribution in [3.8, 4) is 0 Å². The quantitative estimate of drug-likeness (QED) is 0.707. The smallest absolute Gasteiger partial charge is 0.250 e. The second kappa shape index (κ2) is 5.39. The lowest BCUT2D eigenvalue weighted by atomic mass is 10.1. The van der Waals surface area contributed by atoms with E-state index in [1.54, 1.807) is 0 Å². The molecule has 0 radical (unpaired) electrons. The number of nitrogens with zero attached hydrogens (tertiary/aromatic N) is 1. The Morgan fingerprint density at radius 2 is 2.29 bits per heavy atom. The molecule has 1 amide bonds. The molecule has 0 fully saturated rings. The first-order valence-corrected chi connectivity index (χ1v) is 6.26. The van der Waals surface area contributed by atoms with Crippen LogP contribution in [0.25, 0.3) is 0 Å². The standard InChI is InChI=1S/C10H18N2OS/c1-4-5-14-6-8-11-9(7(2)3)10(13)12-8/h7,9H,4-6H2,1-3H3,(H,11,12,13). The Balaban J connectivity index is 2.41. The van der Waals surface area contributed by atoms with Gasteiger partial charge in [0.25, 0.3) is 0 Å². The van der Waals surface area contributed by atoms with Gasteiger partial charge >= 0.3 is 0 Å². The summed E-state index contributed by atoms with van der Waals surface area (Å²) in [6.45, 7) is 6.20.